The molecule has 0 saturated carbocycles. The van der Waals surface area contributed by atoms with Gasteiger partial charge < -0.3 is 87.3 Å². The van der Waals surface area contributed by atoms with Gasteiger partial charge in [-0.3, -0.25) is 48.1 Å². The Hall–Kier alpha value is -10.2. The Bertz CT molecular complexity index is 3670. The third-order valence-corrected chi connectivity index (χ3v) is 15.4. The molecule has 30 heteroatoms. The molecule has 0 aliphatic carbocycles. The summed E-state index contributed by atoms with van der Waals surface area (Å²) in [4.78, 5) is 146. The molecule has 2 aromatic heterocycles. The van der Waals surface area contributed by atoms with E-state index in [4.69, 9.17) is 40.2 Å². The molecule has 8 rings (SSSR count). The van der Waals surface area contributed by atoms with Gasteiger partial charge in [0, 0.05) is 54.0 Å². The SMILES string of the molecule is CC[C@@]1(O)C(=O)OCc2c1cc1n(c2=O)Cc2c-1nc1ccccc1c2C=NOCCNC(=O)COCCOCCOCC(=O)NCc1ccc(CC2NC(=O)C(CCCN=C(N)N)NC(=O)CNC(=O)C(CC(=O)O)NC(=O)CC(Cc3ccccc3)NC2=O)cc1. The second-order valence-electron chi connectivity index (χ2n) is 22.1. The normalized spacial score (nSPS) is 19.2. The van der Waals surface area contributed by atoms with Crippen molar-refractivity contribution in [1.82, 2.24) is 46.8 Å². The number of carboxylic acids is 1. The van der Waals surface area contributed by atoms with E-state index in [-0.39, 0.29) is 140 Å². The number of esters is 1. The van der Waals surface area contributed by atoms with Crippen molar-refractivity contribution in [3.8, 4) is 11.4 Å². The number of aromatic nitrogens is 2. The lowest BCUT2D eigenvalue weighted by atomic mass is 9.86. The average molecular weight is 1290 g/mol. The number of guanidine groups is 1. The molecule has 13 N–H and O–H groups in total. The fourth-order valence-corrected chi connectivity index (χ4v) is 10.6. The molecule has 4 unspecified atom stereocenters. The fraction of sp³-hybridized carbons (Fsp3) is 0.413. The van der Waals surface area contributed by atoms with E-state index in [9.17, 15) is 58.2 Å². The molecule has 3 aromatic carbocycles. The van der Waals surface area contributed by atoms with Crippen LogP contribution in [0.2, 0.25) is 0 Å². The van der Waals surface area contributed by atoms with Gasteiger partial charge in [0.2, 0.25) is 41.4 Å². The molecule has 0 bridgehead atoms. The van der Waals surface area contributed by atoms with Gasteiger partial charge in [-0.15, -0.1) is 0 Å². The van der Waals surface area contributed by atoms with Crippen LogP contribution >= 0.6 is 0 Å². The summed E-state index contributed by atoms with van der Waals surface area (Å²) in [5.41, 5.74) is 14.0. The number of nitrogens with zero attached hydrogens (tertiary/aromatic N) is 4. The Balaban J connectivity index is 0.748. The number of rotatable bonds is 28. The number of nitrogens with two attached hydrogens (primary N) is 2. The number of hydrogen-bond donors (Lipinski definition) is 11. The number of hydrogen-bond acceptors (Lipinski definition) is 19. The van der Waals surface area contributed by atoms with E-state index in [0.717, 1.165) is 10.9 Å². The molecule has 0 radical (unpaired) electrons. The molecule has 0 spiro atoms. The minimum atomic E-state index is -1.96. The van der Waals surface area contributed by atoms with E-state index in [1.807, 2.05) is 24.3 Å². The molecule has 1 saturated heterocycles. The van der Waals surface area contributed by atoms with Crippen LogP contribution in [0.4, 0.5) is 0 Å². The molecule has 93 heavy (non-hydrogen) atoms. The van der Waals surface area contributed by atoms with Gasteiger partial charge in [-0.25, -0.2) is 9.78 Å². The van der Waals surface area contributed by atoms with Crippen LogP contribution in [-0.4, -0.2) is 175 Å². The Kier molecular flexibility index (Phi) is 24.6. The summed E-state index contributed by atoms with van der Waals surface area (Å²) in [6, 6.07) is 19.8. The molecule has 7 amide bonds. The minimum absolute atomic E-state index is 0.00559. The standard InChI is InChI=1S/C63H75N13O17/c1-2-63(88)45-28-50-56-43(33-76(50)60(86)44(45)34-92-61(63)87)42(41-11-6-7-12-46(41)74-56)31-70-93-20-19-66-53(79)35-90-23-21-89-22-24-91-36-54(80)68-30-39-16-14-38(15-17-39)26-48-59(85)71-40(25-37-9-4-3-5-10-37)27-51(77)73-49(29-55(81)82)57(83)69-32-52(78)72-47(58(84)75-48)13-8-18-67-62(64)65/h3-7,9-12,14-17,28,31,40,47-49,88H,2,8,13,18-27,29-30,32-36H2,1H3,(H,66,79)(H,68,80)(H,69,83)(H,71,85)(H,72,78)(H,73,77)(H,75,84)(H,81,82)(H4,64,65,67)/t40?,47?,48?,49?,63-/m0/s1. The number of amides is 7. The predicted octanol–water partition coefficient (Wildman–Crippen LogP) is -1.31. The van der Waals surface area contributed by atoms with Gasteiger partial charge in [-0.05, 0) is 54.5 Å². The number of para-hydroxylation sites is 1. The summed E-state index contributed by atoms with van der Waals surface area (Å²) >= 11 is 0. The van der Waals surface area contributed by atoms with Crippen molar-refractivity contribution in [3.05, 3.63) is 134 Å². The maximum Gasteiger partial charge on any atom is 0.343 e. The second-order valence-corrected chi connectivity index (χ2v) is 22.1. The molecule has 5 aromatic rings. The van der Waals surface area contributed by atoms with Gasteiger partial charge in [0.15, 0.2) is 11.6 Å². The van der Waals surface area contributed by atoms with Crippen molar-refractivity contribution in [1.29, 1.82) is 0 Å². The number of aliphatic hydroxyl groups is 1. The number of carbonyl (C=O) groups is 9. The van der Waals surface area contributed by atoms with Crippen molar-refractivity contribution in [2.24, 2.45) is 21.6 Å². The van der Waals surface area contributed by atoms with Crippen molar-refractivity contribution >= 4 is 76.4 Å². The van der Waals surface area contributed by atoms with E-state index in [0.29, 0.717) is 39.2 Å². The zero-order valence-electron chi connectivity index (χ0n) is 51.1. The molecule has 5 heterocycles. The maximum atomic E-state index is 14.3. The van der Waals surface area contributed by atoms with Crippen LogP contribution in [0.5, 0.6) is 0 Å². The van der Waals surface area contributed by atoms with Crippen LogP contribution in [0.1, 0.15) is 78.0 Å². The van der Waals surface area contributed by atoms with E-state index < -0.39 is 96.0 Å². The predicted molar refractivity (Wildman–Crippen MR) is 333 cm³/mol. The van der Waals surface area contributed by atoms with Crippen molar-refractivity contribution in [3.63, 3.8) is 0 Å². The van der Waals surface area contributed by atoms with Gasteiger partial charge >= 0.3 is 11.9 Å². The molecule has 1 fully saturated rings. The largest absolute Gasteiger partial charge is 0.481 e. The van der Waals surface area contributed by atoms with Crippen LogP contribution in [0.15, 0.2) is 99.9 Å². The molecule has 30 nitrogen and oxygen atoms in total. The van der Waals surface area contributed by atoms with Crippen LogP contribution in [0.3, 0.4) is 0 Å². The van der Waals surface area contributed by atoms with Crippen molar-refractivity contribution < 1.29 is 77.1 Å². The number of pyridine rings is 2. The first-order chi connectivity index (χ1) is 44.8. The summed E-state index contributed by atoms with van der Waals surface area (Å²) in [5.74, 6) is -7.17. The topological polar surface area (TPSA) is 436 Å². The van der Waals surface area contributed by atoms with Crippen LogP contribution in [0, 0.1) is 0 Å². The molecule has 5 atom stereocenters. The first kappa shape index (κ1) is 68.7. The van der Waals surface area contributed by atoms with Crippen LogP contribution in [-0.2, 0) is 105 Å². The van der Waals surface area contributed by atoms with Gasteiger partial charge in [0.05, 0.1) is 81.2 Å². The number of cyclic esters (lactones) is 1. The zero-order valence-corrected chi connectivity index (χ0v) is 51.1. The van der Waals surface area contributed by atoms with Crippen LogP contribution in [0.25, 0.3) is 22.3 Å². The van der Waals surface area contributed by atoms with Gasteiger partial charge in [0.25, 0.3) is 5.56 Å². The van der Waals surface area contributed by atoms with E-state index >= 15 is 0 Å². The molecule has 494 valence electrons. The number of oxime groups is 1. The van der Waals surface area contributed by atoms with Crippen molar-refractivity contribution in [2.75, 3.05) is 65.9 Å². The lowest BCUT2D eigenvalue weighted by Crippen LogP contribution is -2.58. The summed E-state index contributed by atoms with van der Waals surface area (Å²) in [6.07, 6.45) is 0.648. The zero-order chi connectivity index (χ0) is 66.4. The number of fused-ring (bicyclic) bond motifs is 5. The Morgan fingerprint density at radius 1 is 0.763 bits per heavy atom. The van der Waals surface area contributed by atoms with Gasteiger partial charge in [0.1, 0.15) is 44.6 Å². The Morgan fingerprint density at radius 2 is 1.43 bits per heavy atom. The highest BCUT2D eigenvalue weighted by Crippen LogP contribution is 2.40. The lowest BCUT2D eigenvalue weighted by molar-refractivity contribution is -0.172. The number of aliphatic carboxylic acids is 1. The first-order valence-corrected chi connectivity index (χ1v) is 30.2. The van der Waals surface area contributed by atoms with Crippen LogP contribution < -0.4 is 54.2 Å². The number of carboxylic acid groups (broad SMARTS) is 1. The first-order valence-electron chi connectivity index (χ1n) is 30.2. The summed E-state index contributed by atoms with van der Waals surface area (Å²) in [7, 11) is 0. The van der Waals surface area contributed by atoms with Crippen molar-refractivity contribution in [2.45, 2.75) is 101 Å². The highest BCUT2D eigenvalue weighted by Gasteiger charge is 2.46. The monoisotopic (exact) mass is 1290 g/mol. The molecular weight excluding hydrogens is 1210 g/mol. The van der Waals surface area contributed by atoms with E-state index in [1.54, 1.807) is 72.2 Å². The Morgan fingerprint density at radius 3 is 2.15 bits per heavy atom. The minimum Gasteiger partial charge on any atom is -0.481 e. The summed E-state index contributed by atoms with van der Waals surface area (Å²) in [6.45, 7) is 1.21. The fourth-order valence-electron chi connectivity index (χ4n) is 10.6. The highest BCUT2D eigenvalue weighted by molar-refractivity contribution is 6.02. The molecular formula is C63H75N13O17. The number of nitrogens with one attached hydrogen (secondary N) is 7. The summed E-state index contributed by atoms with van der Waals surface area (Å²) in [5, 5.41) is 44.1. The third-order valence-electron chi connectivity index (χ3n) is 15.4. The summed E-state index contributed by atoms with van der Waals surface area (Å²) < 4.78 is 23.1. The average Bonchev–Trinajstić information content (AvgIpc) is 1.63. The van der Waals surface area contributed by atoms with E-state index in [1.165, 1.54) is 6.21 Å². The number of aliphatic imine (C=N–C) groups is 1. The number of benzene rings is 3. The van der Waals surface area contributed by atoms with E-state index in [2.05, 4.69) is 47.4 Å². The second kappa shape index (κ2) is 33.2. The third kappa shape index (κ3) is 19.2. The quantitative estimate of drug-likeness (QED) is 0.00893. The smallest absolute Gasteiger partial charge is 0.343 e. The Labute approximate surface area is 532 Å². The molecule has 3 aliphatic rings. The number of carbonyl (C=O) groups excluding carboxylic acids is 8. The highest BCUT2D eigenvalue weighted by atomic mass is 16.6. The van der Waals surface area contributed by atoms with Gasteiger partial charge in [-0.1, -0.05) is 84.9 Å². The lowest BCUT2D eigenvalue weighted by Gasteiger charge is -2.31. The van der Waals surface area contributed by atoms with Gasteiger partial charge in [-0.2, -0.15) is 0 Å². The maximum absolute atomic E-state index is 14.3. The number of ether oxygens (including phenoxy) is 4. The molecule has 3 aliphatic heterocycles.